The van der Waals surface area contributed by atoms with Crippen LogP contribution in [0.5, 0.6) is 0 Å². The van der Waals surface area contributed by atoms with Crippen molar-refractivity contribution < 1.29 is 9.59 Å². The monoisotopic (exact) mass is 503 g/mol. The molecule has 3 aromatic rings. The van der Waals surface area contributed by atoms with Gasteiger partial charge in [-0.2, -0.15) is 5.10 Å². The molecule has 2 aromatic heterocycles. The Hall–Kier alpha value is -2.61. The van der Waals surface area contributed by atoms with Crippen LogP contribution < -0.4 is 0 Å². The highest BCUT2D eigenvalue weighted by Crippen LogP contribution is 2.31. The van der Waals surface area contributed by atoms with Crippen molar-refractivity contribution in [3.8, 4) is 0 Å². The number of fused-ring (bicyclic) bond motifs is 3. The Kier molecular flexibility index (Phi) is 5.80. The van der Waals surface area contributed by atoms with Crippen molar-refractivity contribution in [2.75, 3.05) is 6.54 Å². The minimum atomic E-state index is -0.154. The van der Waals surface area contributed by atoms with Gasteiger partial charge in [0.25, 0.3) is 11.8 Å². The molecule has 2 aliphatic rings. The molecule has 1 atom stereocenters. The van der Waals surface area contributed by atoms with E-state index in [4.69, 9.17) is 39.9 Å². The van der Waals surface area contributed by atoms with Crippen LogP contribution in [0.15, 0.2) is 36.5 Å². The Morgan fingerprint density at radius 1 is 1.12 bits per heavy atom. The Bertz CT molecular complexity index is 1260. The van der Waals surface area contributed by atoms with Gasteiger partial charge in [-0.3, -0.25) is 14.3 Å². The van der Waals surface area contributed by atoms with E-state index in [1.807, 2.05) is 13.0 Å². The van der Waals surface area contributed by atoms with Crippen LogP contribution in [0, 0.1) is 0 Å². The number of carbonyl (C=O) groups is 2. The zero-order valence-corrected chi connectivity index (χ0v) is 20.0. The normalized spacial score (nSPS) is 17.7. The summed E-state index contributed by atoms with van der Waals surface area (Å²) in [4.78, 5) is 34.3. The smallest absolute Gasteiger partial charge is 0.272 e. The molecule has 33 heavy (non-hydrogen) atoms. The second-order valence-corrected chi connectivity index (χ2v) is 9.53. The molecule has 0 saturated heterocycles. The molecule has 0 aliphatic carbocycles. The molecular formula is C23H20Cl3N5O2. The minimum Gasteiger partial charge on any atom is -0.331 e. The molecule has 5 rings (SSSR count). The maximum absolute atomic E-state index is 13.4. The molecule has 2 amide bonds. The van der Waals surface area contributed by atoms with Crippen molar-refractivity contribution in [2.24, 2.45) is 0 Å². The van der Waals surface area contributed by atoms with Crippen LogP contribution in [0.3, 0.4) is 0 Å². The maximum atomic E-state index is 13.4. The van der Waals surface area contributed by atoms with E-state index in [1.54, 1.807) is 44.9 Å². The zero-order valence-electron chi connectivity index (χ0n) is 17.8. The molecule has 0 saturated carbocycles. The van der Waals surface area contributed by atoms with Crippen molar-refractivity contribution in [3.63, 3.8) is 0 Å². The molecule has 4 heterocycles. The number of benzene rings is 1. The molecule has 0 unspecified atom stereocenters. The summed E-state index contributed by atoms with van der Waals surface area (Å²) in [7, 11) is 0. The van der Waals surface area contributed by atoms with E-state index < -0.39 is 0 Å². The Morgan fingerprint density at radius 2 is 1.94 bits per heavy atom. The lowest BCUT2D eigenvalue weighted by molar-refractivity contribution is 0.0637. The topological polar surface area (TPSA) is 71.3 Å². The Morgan fingerprint density at radius 3 is 2.67 bits per heavy atom. The fraction of sp³-hybridized carbons (Fsp3) is 0.304. The number of pyridine rings is 1. The van der Waals surface area contributed by atoms with E-state index in [9.17, 15) is 9.59 Å². The average molecular weight is 505 g/mol. The van der Waals surface area contributed by atoms with Crippen molar-refractivity contribution in [1.82, 2.24) is 24.6 Å². The van der Waals surface area contributed by atoms with Crippen molar-refractivity contribution >= 4 is 46.6 Å². The van der Waals surface area contributed by atoms with Crippen molar-refractivity contribution in [1.29, 1.82) is 0 Å². The summed E-state index contributed by atoms with van der Waals surface area (Å²) >= 11 is 18.0. The highest BCUT2D eigenvalue weighted by molar-refractivity contribution is 6.42. The summed E-state index contributed by atoms with van der Waals surface area (Å²) in [6.07, 6.45) is 2.26. The third-order valence-corrected chi connectivity index (χ3v) is 7.11. The average Bonchev–Trinajstić information content (AvgIpc) is 3.16. The number of amides is 2. The Balaban J connectivity index is 1.42. The molecule has 170 valence electrons. The predicted molar refractivity (Wildman–Crippen MR) is 126 cm³/mol. The number of rotatable bonds is 3. The summed E-state index contributed by atoms with van der Waals surface area (Å²) < 4.78 is 1.78. The molecule has 1 aromatic carbocycles. The van der Waals surface area contributed by atoms with E-state index in [2.05, 4.69) is 4.98 Å². The van der Waals surface area contributed by atoms with Gasteiger partial charge in [-0.15, -0.1) is 0 Å². The molecule has 10 heteroatoms. The Labute approximate surface area is 205 Å². The van der Waals surface area contributed by atoms with E-state index >= 15 is 0 Å². The molecular weight excluding hydrogens is 485 g/mol. The van der Waals surface area contributed by atoms with E-state index in [0.29, 0.717) is 59.1 Å². The van der Waals surface area contributed by atoms with Gasteiger partial charge in [0.2, 0.25) is 0 Å². The summed E-state index contributed by atoms with van der Waals surface area (Å²) in [6, 6.07) is 8.37. The lowest BCUT2D eigenvalue weighted by atomic mass is 9.97. The summed E-state index contributed by atoms with van der Waals surface area (Å²) in [5.41, 5.74) is 3.60. The van der Waals surface area contributed by atoms with Crippen LogP contribution in [0.25, 0.3) is 0 Å². The second kappa shape index (κ2) is 8.63. The largest absolute Gasteiger partial charge is 0.331 e. The van der Waals surface area contributed by atoms with Crippen LogP contribution in [-0.4, -0.2) is 49.0 Å². The second-order valence-electron chi connectivity index (χ2n) is 8.33. The summed E-state index contributed by atoms with van der Waals surface area (Å²) in [6.45, 7) is 3.89. The van der Waals surface area contributed by atoms with Crippen molar-refractivity contribution in [2.45, 2.75) is 39.0 Å². The van der Waals surface area contributed by atoms with Crippen LogP contribution in [0.4, 0.5) is 0 Å². The van der Waals surface area contributed by atoms with Gasteiger partial charge in [0.15, 0.2) is 0 Å². The number of aromatic nitrogens is 3. The molecule has 0 fully saturated rings. The van der Waals surface area contributed by atoms with E-state index in [0.717, 1.165) is 16.8 Å². The fourth-order valence-corrected chi connectivity index (χ4v) is 4.81. The SMILES string of the molecule is C[C@@H]1Cc2nn3c(c2CN1C(=O)c1ccc(Cl)c(Cl)c1)C(=O)N(Cc1ccc(Cl)nc1)CC3. The first kappa shape index (κ1) is 22.2. The van der Waals surface area contributed by atoms with Gasteiger partial charge in [0.05, 0.1) is 28.8 Å². The molecule has 2 aliphatic heterocycles. The highest BCUT2D eigenvalue weighted by Gasteiger charge is 2.37. The summed E-state index contributed by atoms with van der Waals surface area (Å²) in [5.74, 6) is -0.250. The standard InChI is InChI=1S/C23H20Cl3N5O2/c1-13-8-19-16(12-30(13)22(32)15-3-4-17(24)18(25)9-15)21-23(33)29(6-7-31(21)28-19)11-14-2-5-20(26)27-10-14/h2-5,9-10,13H,6-8,11-12H2,1H3/t13-/m1/s1. The molecule has 0 bridgehead atoms. The summed E-state index contributed by atoms with van der Waals surface area (Å²) in [5, 5.41) is 5.84. The van der Waals surface area contributed by atoms with Crippen LogP contribution in [0.2, 0.25) is 15.2 Å². The lowest BCUT2D eigenvalue weighted by Crippen LogP contribution is -2.44. The van der Waals surface area contributed by atoms with Crippen molar-refractivity contribution in [3.05, 3.63) is 79.8 Å². The highest BCUT2D eigenvalue weighted by atomic mass is 35.5. The van der Waals surface area contributed by atoms with Crippen LogP contribution in [-0.2, 0) is 26.1 Å². The molecule has 7 nitrogen and oxygen atoms in total. The first-order valence-electron chi connectivity index (χ1n) is 10.6. The van der Waals surface area contributed by atoms with Gasteiger partial charge < -0.3 is 9.80 Å². The number of hydrogen-bond donors (Lipinski definition) is 0. The van der Waals surface area contributed by atoms with Gasteiger partial charge in [-0.1, -0.05) is 40.9 Å². The van der Waals surface area contributed by atoms with Gasteiger partial charge in [-0.05, 0) is 36.8 Å². The van der Waals surface area contributed by atoms with Gasteiger partial charge in [0.1, 0.15) is 10.8 Å². The third kappa shape index (κ3) is 4.09. The fourth-order valence-electron chi connectivity index (χ4n) is 4.40. The maximum Gasteiger partial charge on any atom is 0.272 e. The van der Waals surface area contributed by atoms with Gasteiger partial charge in [0, 0.05) is 42.9 Å². The number of hydrogen-bond acceptors (Lipinski definition) is 4. The number of halogens is 3. The van der Waals surface area contributed by atoms with Crippen LogP contribution in [0.1, 0.15) is 44.6 Å². The van der Waals surface area contributed by atoms with Crippen LogP contribution >= 0.6 is 34.8 Å². The minimum absolute atomic E-state index is 0.0669. The quantitative estimate of drug-likeness (QED) is 0.493. The number of carbonyl (C=O) groups excluding carboxylic acids is 2. The first-order chi connectivity index (χ1) is 15.8. The van der Waals surface area contributed by atoms with Gasteiger partial charge >= 0.3 is 0 Å². The molecule has 0 N–H and O–H groups in total. The zero-order chi connectivity index (χ0) is 23.3. The predicted octanol–water partition coefficient (Wildman–Crippen LogP) is 4.48. The van der Waals surface area contributed by atoms with Gasteiger partial charge in [-0.25, -0.2) is 4.98 Å². The third-order valence-electron chi connectivity index (χ3n) is 6.14. The molecule has 0 spiro atoms. The lowest BCUT2D eigenvalue weighted by Gasteiger charge is -2.34. The number of nitrogens with zero attached hydrogens (tertiary/aromatic N) is 5. The van der Waals surface area contributed by atoms with E-state index in [1.165, 1.54) is 0 Å². The first-order valence-corrected chi connectivity index (χ1v) is 11.7. The van der Waals surface area contributed by atoms with E-state index in [-0.39, 0.29) is 17.9 Å². The molecule has 0 radical (unpaired) electrons.